The highest BCUT2D eigenvalue weighted by Gasteiger charge is 2.12. The highest BCUT2D eigenvalue weighted by atomic mass is 16.6. The normalized spacial score (nSPS) is 10.2. The lowest BCUT2D eigenvalue weighted by atomic mass is 10.1. The van der Waals surface area contributed by atoms with E-state index in [2.05, 4.69) is 4.74 Å². The first-order valence-electron chi connectivity index (χ1n) is 7.47. The number of amides is 2. The Kier molecular flexibility index (Phi) is 9.15. The van der Waals surface area contributed by atoms with E-state index in [9.17, 15) is 14.4 Å². The summed E-state index contributed by atoms with van der Waals surface area (Å²) < 4.78 is 9.78. The maximum absolute atomic E-state index is 10.7. The number of aryl methyl sites for hydroxylation is 1. The van der Waals surface area contributed by atoms with E-state index in [1.165, 1.54) is 6.92 Å². The van der Waals surface area contributed by atoms with Crippen LogP contribution in [0.1, 0.15) is 39.7 Å². The van der Waals surface area contributed by atoms with Crippen LogP contribution in [0.5, 0.6) is 5.75 Å². The van der Waals surface area contributed by atoms with Gasteiger partial charge < -0.3 is 20.9 Å². The zero-order valence-electron chi connectivity index (χ0n) is 14.6. The molecule has 0 heterocycles. The summed E-state index contributed by atoms with van der Waals surface area (Å²) in [5.41, 5.74) is 10.3. The molecule has 4 N–H and O–H groups in total. The molecule has 0 atom stereocenters. The summed E-state index contributed by atoms with van der Waals surface area (Å²) in [5.74, 6) is 0.327. The number of ether oxygens (including phenoxy) is 2. The number of primary amides is 2. The van der Waals surface area contributed by atoms with E-state index >= 15 is 0 Å². The third-order valence-corrected chi connectivity index (χ3v) is 2.43. The Balaban J connectivity index is 0.000000561. The third-order valence-electron chi connectivity index (χ3n) is 2.43. The SMILES string of the molecule is CC(=O)COc1ccc(CCC(N)=O)cc1.CC(C)(C)OC(N)=O. The first-order valence-corrected chi connectivity index (χ1v) is 7.47. The topological polar surface area (TPSA) is 122 Å². The zero-order chi connectivity index (χ0) is 18.8. The van der Waals surface area contributed by atoms with Crippen molar-refractivity contribution in [2.45, 2.75) is 46.1 Å². The molecule has 24 heavy (non-hydrogen) atoms. The summed E-state index contributed by atoms with van der Waals surface area (Å²) in [7, 11) is 0. The van der Waals surface area contributed by atoms with Crippen LogP contribution in [0.15, 0.2) is 24.3 Å². The van der Waals surface area contributed by atoms with E-state index in [-0.39, 0.29) is 18.3 Å². The van der Waals surface area contributed by atoms with Gasteiger partial charge in [0.05, 0.1) is 0 Å². The molecule has 0 aromatic heterocycles. The molecule has 0 spiro atoms. The predicted octanol–water partition coefficient (Wildman–Crippen LogP) is 1.95. The first-order chi connectivity index (χ1) is 11.0. The molecule has 0 saturated carbocycles. The zero-order valence-corrected chi connectivity index (χ0v) is 14.6. The van der Waals surface area contributed by atoms with Crippen molar-refractivity contribution in [1.82, 2.24) is 0 Å². The molecule has 2 amide bonds. The molecule has 7 heteroatoms. The van der Waals surface area contributed by atoms with E-state index in [1.807, 2.05) is 12.1 Å². The van der Waals surface area contributed by atoms with E-state index in [0.717, 1.165) is 5.56 Å². The molecule has 1 aromatic rings. The fraction of sp³-hybridized carbons (Fsp3) is 0.471. The van der Waals surface area contributed by atoms with Gasteiger partial charge in [-0.15, -0.1) is 0 Å². The highest BCUT2D eigenvalue weighted by molar-refractivity contribution is 5.77. The van der Waals surface area contributed by atoms with E-state index in [4.69, 9.17) is 16.2 Å². The average molecular weight is 338 g/mol. The molecule has 1 rings (SSSR count). The van der Waals surface area contributed by atoms with Crippen LogP contribution in [-0.2, 0) is 20.7 Å². The second kappa shape index (κ2) is 10.3. The van der Waals surface area contributed by atoms with Gasteiger partial charge in [-0.2, -0.15) is 0 Å². The molecule has 1 aromatic carbocycles. The van der Waals surface area contributed by atoms with Crippen LogP contribution in [0, 0.1) is 0 Å². The van der Waals surface area contributed by atoms with Crippen molar-refractivity contribution >= 4 is 17.8 Å². The summed E-state index contributed by atoms with van der Waals surface area (Å²) >= 11 is 0. The van der Waals surface area contributed by atoms with Crippen LogP contribution in [0.25, 0.3) is 0 Å². The number of benzene rings is 1. The highest BCUT2D eigenvalue weighted by Crippen LogP contribution is 2.13. The number of Topliss-reactive ketones (excluding diaryl/α,β-unsaturated/α-hetero) is 1. The molecule has 0 fully saturated rings. The number of carbonyl (C=O) groups excluding carboxylic acids is 3. The summed E-state index contributed by atoms with van der Waals surface area (Å²) in [6, 6.07) is 7.27. The van der Waals surface area contributed by atoms with Crippen molar-refractivity contribution in [3.63, 3.8) is 0 Å². The van der Waals surface area contributed by atoms with Crippen LogP contribution < -0.4 is 16.2 Å². The monoisotopic (exact) mass is 338 g/mol. The van der Waals surface area contributed by atoms with Crippen LogP contribution >= 0.6 is 0 Å². The Hall–Kier alpha value is -2.57. The van der Waals surface area contributed by atoms with Gasteiger partial charge in [0.15, 0.2) is 5.78 Å². The first kappa shape index (κ1) is 21.4. The van der Waals surface area contributed by atoms with Gasteiger partial charge in [0.1, 0.15) is 18.0 Å². The summed E-state index contributed by atoms with van der Waals surface area (Å²) in [6.45, 7) is 6.84. The molecule has 0 aliphatic carbocycles. The molecule has 0 aliphatic heterocycles. The number of hydrogen-bond acceptors (Lipinski definition) is 5. The lowest BCUT2D eigenvalue weighted by Gasteiger charge is -2.16. The van der Waals surface area contributed by atoms with Gasteiger partial charge in [-0.3, -0.25) is 9.59 Å². The van der Waals surface area contributed by atoms with Crippen molar-refractivity contribution in [2.24, 2.45) is 11.5 Å². The van der Waals surface area contributed by atoms with Gasteiger partial charge in [0.25, 0.3) is 0 Å². The van der Waals surface area contributed by atoms with Crippen molar-refractivity contribution in [1.29, 1.82) is 0 Å². The molecule has 0 bridgehead atoms. The van der Waals surface area contributed by atoms with Crippen LogP contribution in [0.3, 0.4) is 0 Å². The predicted molar refractivity (Wildman–Crippen MR) is 90.6 cm³/mol. The number of ketones is 1. The van der Waals surface area contributed by atoms with Crippen molar-refractivity contribution in [2.75, 3.05) is 6.61 Å². The average Bonchev–Trinajstić information content (AvgIpc) is 2.42. The van der Waals surface area contributed by atoms with Crippen molar-refractivity contribution in [3.8, 4) is 5.75 Å². The van der Waals surface area contributed by atoms with Gasteiger partial charge in [0.2, 0.25) is 5.91 Å². The van der Waals surface area contributed by atoms with E-state index in [0.29, 0.717) is 18.6 Å². The van der Waals surface area contributed by atoms with Crippen LogP contribution in [0.4, 0.5) is 4.79 Å². The fourth-order valence-electron chi connectivity index (χ4n) is 1.51. The molecule has 0 aliphatic rings. The summed E-state index contributed by atoms with van der Waals surface area (Å²) in [4.78, 5) is 31.3. The number of hydrogen-bond donors (Lipinski definition) is 2. The fourth-order valence-corrected chi connectivity index (χ4v) is 1.51. The Labute approximate surface area is 142 Å². The lowest BCUT2D eigenvalue weighted by Crippen LogP contribution is -2.27. The minimum Gasteiger partial charge on any atom is -0.486 e. The molecule has 0 saturated heterocycles. The number of rotatable bonds is 6. The molecule has 0 unspecified atom stereocenters. The Bertz CT molecular complexity index is 510. The van der Waals surface area contributed by atoms with Gasteiger partial charge in [0, 0.05) is 6.42 Å². The smallest absolute Gasteiger partial charge is 0.405 e. The van der Waals surface area contributed by atoms with Crippen molar-refractivity contribution in [3.05, 3.63) is 29.8 Å². The van der Waals surface area contributed by atoms with Crippen molar-refractivity contribution < 1.29 is 23.9 Å². The number of carbonyl (C=O) groups is 3. The molecular weight excluding hydrogens is 312 g/mol. The second-order valence-corrected chi connectivity index (χ2v) is 6.13. The minimum absolute atomic E-state index is 0.0159. The largest absolute Gasteiger partial charge is 0.486 e. The minimum atomic E-state index is -0.725. The van der Waals surface area contributed by atoms with Crippen LogP contribution in [0.2, 0.25) is 0 Å². The van der Waals surface area contributed by atoms with E-state index < -0.39 is 11.7 Å². The van der Waals surface area contributed by atoms with Gasteiger partial charge in [-0.05, 0) is 51.8 Å². The maximum atomic E-state index is 10.7. The van der Waals surface area contributed by atoms with Gasteiger partial charge >= 0.3 is 6.09 Å². The maximum Gasteiger partial charge on any atom is 0.405 e. The van der Waals surface area contributed by atoms with E-state index in [1.54, 1.807) is 32.9 Å². The van der Waals surface area contributed by atoms with Crippen LogP contribution in [-0.4, -0.2) is 30.0 Å². The molecule has 7 nitrogen and oxygen atoms in total. The summed E-state index contributed by atoms with van der Waals surface area (Å²) in [6.07, 6.45) is 0.244. The summed E-state index contributed by atoms with van der Waals surface area (Å²) in [5, 5.41) is 0. The Morgan fingerprint density at radius 2 is 1.58 bits per heavy atom. The van der Waals surface area contributed by atoms with Gasteiger partial charge in [-0.25, -0.2) is 4.79 Å². The van der Waals surface area contributed by atoms with Gasteiger partial charge in [-0.1, -0.05) is 12.1 Å². The molecule has 0 radical (unpaired) electrons. The lowest BCUT2D eigenvalue weighted by molar-refractivity contribution is -0.119. The number of nitrogens with two attached hydrogens (primary N) is 2. The Morgan fingerprint density at radius 3 is 1.92 bits per heavy atom. The molecule has 134 valence electrons. The second-order valence-electron chi connectivity index (χ2n) is 6.13. The molecular formula is C17H26N2O5. The Morgan fingerprint density at radius 1 is 1.04 bits per heavy atom. The standard InChI is InChI=1S/C12H15NO3.C5H11NO2/c1-9(14)8-16-11-5-2-10(3-6-11)4-7-12(13)15;1-5(2,3)8-4(6)7/h2-3,5-6H,4,7-8H2,1H3,(H2,13,15);1-3H3,(H2,6,7). The third kappa shape index (κ3) is 13.1. The quantitative estimate of drug-likeness (QED) is 0.821.